The molecule has 0 aromatic heterocycles. The monoisotopic (exact) mass is 210 g/mol. The molecule has 0 radical (unpaired) electrons. The first-order chi connectivity index (χ1) is 7.31. The molecule has 0 aromatic rings. The van der Waals surface area contributed by atoms with Crippen LogP contribution in [0, 0.1) is 11.8 Å². The second kappa shape index (κ2) is 5.31. The minimum atomic E-state index is 0.820. The van der Waals surface area contributed by atoms with E-state index in [0.29, 0.717) is 0 Å². The molecule has 0 saturated carbocycles. The third-order valence-corrected chi connectivity index (χ3v) is 4.27. The van der Waals surface area contributed by atoms with Gasteiger partial charge in [0.25, 0.3) is 0 Å². The molecule has 3 unspecified atom stereocenters. The Morgan fingerprint density at radius 2 is 2.20 bits per heavy atom. The Hall–Kier alpha value is -0.0800. The summed E-state index contributed by atoms with van der Waals surface area (Å²) in [6.45, 7) is 9.90. The maximum Gasteiger partial charge on any atom is 0.0246 e. The van der Waals surface area contributed by atoms with E-state index in [4.69, 9.17) is 0 Å². The highest BCUT2D eigenvalue weighted by Gasteiger charge is 2.31. The maximum absolute atomic E-state index is 3.55. The highest BCUT2D eigenvalue weighted by Crippen LogP contribution is 2.27. The summed E-state index contributed by atoms with van der Waals surface area (Å²) in [6, 6.07) is 0.820. The van der Waals surface area contributed by atoms with Crippen LogP contribution in [0.3, 0.4) is 0 Å². The quantitative estimate of drug-likeness (QED) is 0.767. The van der Waals surface area contributed by atoms with E-state index >= 15 is 0 Å². The van der Waals surface area contributed by atoms with Gasteiger partial charge in [-0.1, -0.05) is 20.3 Å². The fraction of sp³-hybridized carbons (Fsp3) is 1.00. The third kappa shape index (κ3) is 2.73. The lowest BCUT2D eigenvalue weighted by Gasteiger charge is -2.36. The number of hydrogen-bond donors (Lipinski definition) is 1. The summed E-state index contributed by atoms with van der Waals surface area (Å²) in [5, 5.41) is 3.55. The molecule has 0 aromatic carbocycles. The fourth-order valence-electron chi connectivity index (χ4n) is 3.27. The van der Waals surface area contributed by atoms with Crippen LogP contribution in [0.25, 0.3) is 0 Å². The summed E-state index contributed by atoms with van der Waals surface area (Å²) < 4.78 is 0. The van der Waals surface area contributed by atoms with E-state index in [1.54, 1.807) is 0 Å². The van der Waals surface area contributed by atoms with Crippen LogP contribution in [0.1, 0.15) is 39.5 Å². The lowest BCUT2D eigenvalue weighted by atomic mass is 9.93. The van der Waals surface area contributed by atoms with Crippen LogP contribution in [0.4, 0.5) is 0 Å². The highest BCUT2D eigenvalue weighted by atomic mass is 15.2. The van der Waals surface area contributed by atoms with E-state index in [1.165, 1.54) is 51.9 Å². The van der Waals surface area contributed by atoms with Gasteiger partial charge in [0.1, 0.15) is 0 Å². The zero-order valence-electron chi connectivity index (χ0n) is 10.3. The topological polar surface area (TPSA) is 15.3 Å². The molecular formula is C13H26N2. The average Bonchev–Trinajstić information content (AvgIpc) is 2.68. The number of hydrogen-bond acceptors (Lipinski definition) is 2. The molecule has 2 aliphatic rings. The molecule has 2 heteroatoms. The summed E-state index contributed by atoms with van der Waals surface area (Å²) >= 11 is 0. The smallest absolute Gasteiger partial charge is 0.0246 e. The third-order valence-electron chi connectivity index (χ3n) is 4.27. The molecule has 88 valence electrons. The lowest BCUT2D eigenvalue weighted by molar-refractivity contribution is 0.145. The van der Waals surface area contributed by atoms with Gasteiger partial charge >= 0.3 is 0 Å². The van der Waals surface area contributed by atoms with Gasteiger partial charge in [0.15, 0.2) is 0 Å². The second-order valence-corrected chi connectivity index (χ2v) is 5.48. The van der Waals surface area contributed by atoms with Gasteiger partial charge < -0.3 is 5.32 Å². The van der Waals surface area contributed by atoms with Crippen LogP contribution < -0.4 is 5.32 Å². The lowest BCUT2D eigenvalue weighted by Crippen LogP contribution is -2.49. The number of piperidine rings is 1. The Labute approximate surface area is 94.4 Å². The fourth-order valence-corrected chi connectivity index (χ4v) is 3.27. The predicted molar refractivity (Wildman–Crippen MR) is 65.0 cm³/mol. The van der Waals surface area contributed by atoms with Gasteiger partial charge in [-0.05, 0) is 44.2 Å². The number of nitrogens with one attached hydrogen (secondary N) is 1. The van der Waals surface area contributed by atoms with Gasteiger partial charge in [0, 0.05) is 19.1 Å². The summed E-state index contributed by atoms with van der Waals surface area (Å²) in [5.74, 6) is 1.88. The van der Waals surface area contributed by atoms with Crippen LogP contribution in [0.15, 0.2) is 0 Å². The first-order valence-electron chi connectivity index (χ1n) is 6.76. The van der Waals surface area contributed by atoms with E-state index in [2.05, 4.69) is 24.1 Å². The highest BCUT2D eigenvalue weighted by molar-refractivity contribution is 4.88. The molecule has 1 N–H and O–H groups in total. The number of likely N-dealkylation sites (tertiary alicyclic amines) is 1. The molecule has 2 fully saturated rings. The molecule has 15 heavy (non-hydrogen) atoms. The van der Waals surface area contributed by atoms with Crippen LogP contribution >= 0.6 is 0 Å². The van der Waals surface area contributed by atoms with E-state index in [9.17, 15) is 0 Å². The maximum atomic E-state index is 3.55. The molecule has 0 spiro atoms. The largest absolute Gasteiger partial charge is 0.315 e. The van der Waals surface area contributed by atoms with Gasteiger partial charge in [-0.2, -0.15) is 0 Å². The predicted octanol–water partition coefficient (Wildman–Crippen LogP) is 2.11. The zero-order valence-corrected chi connectivity index (χ0v) is 10.3. The summed E-state index contributed by atoms with van der Waals surface area (Å²) in [7, 11) is 0. The van der Waals surface area contributed by atoms with Gasteiger partial charge in [0.2, 0.25) is 0 Å². The average molecular weight is 210 g/mol. The first-order valence-corrected chi connectivity index (χ1v) is 6.76. The van der Waals surface area contributed by atoms with Crippen molar-refractivity contribution in [2.24, 2.45) is 11.8 Å². The molecule has 2 heterocycles. The molecule has 2 saturated heterocycles. The van der Waals surface area contributed by atoms with Crippen molar-refractivity contribution in [2.75, 3.05) is 26.2 Å². The summed E-state index contributed by atoms with van der Waals surface area (Å²) in [6.07, 6.45) is 5.60. The zero-order chi connectivity index (χ0) is 10.7. The number of rotatable bonds is 3. The standard InChI is InChI=1S/C13H26N2/c1-3-4-12-6-8-15(10-12)13-9-14-7-5-11(13)2/h11-14H,3-10H2,1-2H3. The molecule has 3 atom stereocenters. The normalized spacial score (nSPS) is 38.4. The van der Waals surface area contributed by atoms with E-state index < -0.39 is 0 Å². The van der Waals surface area contributed by atoms with Crippen molar-refractivity contribution in [1.29, 1.82) is 0 Å². The van der Waals surface area contributed by atoms with Gasteiger partial charge in [-0.3, -0.25) is 4.90 Å². The van der Waals surface area contributed by atoms with Crippen LogP contribution in [0.2, 0.25) is 0 Å². The molecular weight excluding hydrogens is 184 g/mol. The minimum absolute atomic E-state index is 0.820. The van der Waals surface area contributed by atoms with E-state index in [1.807, 2.05) is 0 Å². The summed E-state index contributed by atoms with van der Waals surface area (Å²) in [5.41, 5.74) is 0. The molecule has 2 nitrogen and oxygen atoms in total. The molecule has 0 aliphatic carbocycles. The molecule has 0 bridgehead atoms. The van der Waals surface area contributed by atoms with Crippen LogP contribution in [0.5, 0.6) is 0 Å². The Morgan fingerprint density at radius 3 is 2.93 bits per heavy atom. The van der Waals surface area contributed by atoms with Crippen molar-refractivity contribution in [1.82, 2.24) is 10.2 Å². The molecule has 2 rings (SSSR count). The first kappa shape index (κ1) is 11.4. The van der Waals surface area contributed by atoms with Crippen molar-refractivity contribution >= 4 is 0 Å². The molecule has 2 aliphatic heterocycles. The second-order valence-electron chi connectivity index (χ2n) is 5.48. The SMILES string of the molecule is CCCC1CCN(C2CNCCC2C)C1. The van der Waals surface area contributed by atoms with Crippen molar-refractivity contribution in [2.45, 2.75) is 45.6 Å². The van der Waals surface area contributed by atoms with Crippen molar-refractivity contribution in [3.63, 3.8) is 0 Å². The Morgan fingerprint density at radius 1 is 1.33 bits per heavy atom. The van der Waals surface area contributed by atoms with Crippen LogP contribution in [-0.2, 0) is 0 Å². The Bertz CT molecular complexity index is 193. The minimum Gasteiger partial charge on any atom is -0.315 e. The van der Waals surface area contributed by atoms with E-state index in [-0.39, 0.29) is 0 Å². The van der Waals surface area contributed by atoms with Crippen LogP contribution in [-0.4, -0.2) is 37.1 Å². The molecule has 0 amide bonds. The van der Waals surface area contributed by atoms with Gasteiger partial charge in [0.05, 0.1) is 0 Å². The van der Waals surface area contributed by atoms with E-state index in [0.717, 1.165) is 17.9 Å². The Balaban J connectivity index is 1.83. The van der Waals surface area contributed by atoms with Gasteiger partial charge in [-0.15, -0.1) is 0 Å². The number of nitrogens with zero attached hydrogens (tertiary/aromatic N) is 1. The van der Waals surface area contributed by atoms with Gasteiger partial charge in [-0.25, -0.2) is 0 Å². The Kier molecular flexibility index (Phi) is 4.04. The summed E-state index contributed by atoms with van der Waals surface area (Å²) in [4.78, 5) is 2.75. The van der Waals surface area contributed by atoms with Crippen molar-refractivity contribution < 1.29 is 0 Å². The van der Waals surface area contributed by atoms with Crippen molar-refractivity contribution in [3.05, 3.63) is 0 Å². The van der Waals surface area contributed by atoms with Crippen molar-refractivity contribution in [3.8, 4) is 0 Å².